The van der Waals surface area contributed by atoms with E-state index in [2.05, 4.69) is 47.1 Å². The SMILES string of the molecule is [Cl-].[NH3+]Cc1c2ccccc2nc2ccccc12. The molecule has 1 heterocycles. The molecule has 1 aromatic heterocycles. The standard InChI is InChI=1S/C14H12N2.ClH/c15-9-12-10-5-1-3-7-13(10)16-14-8-4-2-6-11(12)14;/h1-8H,9,15H2;1H. The van der Waals surface area contributed by atoms with Gasteiger partial charge in [0.25, 0.3) is 0 Å². The van der Waals surface area contributed by atoms with Crippen LogP contribution < -0.4 is 18.1 Å². The molecule has 0 radical (unpaired) electrons. The molecule has 0 aliphatic heterocycles. The average molecular weight is 245 g/mol. The van der Waals surface area contributed by atoms with Crippen LogP contribution in [0, 0.1) is 0 Å². The Hall–Kier alpha value is -1.64. The van der Waals surface area contributed by atoms with Crippen molar-refractivity contribution in [2.75, 3.05) is 0 Å². The molecule has 0 saturated heterocycles. The highest BCUT2D eigenvalue weighted by molar-refractivity contribution is 5.97. The lowest BCUT2D eigenvalue weighted by atomic mass is 10.0. The molecule has 17 heavy (non-hydrogen) atoms. The van der Waals surface area contributed by atoms with Gasteiger partial charge in [0.15, 0.2) is 0 Å². The fourth-order valence-corrected chi connectivity index (χ4v) is 2.20. The van der Waals surface area contributed by atoms with Crippen molar-refractivity contribution in [2.24, 2.45) is 0 Å². The van der Waals surface area contributed by atoms with Gasteiger partial charge < -0.3 is 18.1 Å². The third kappa shape index (κ3) is 1.86. The van der Waals surface area contributed by atoms with E-state index >= 15 is 0 Å². The molecule has 2 nitrogen and oxygen atoms in total. The second kappa shape index (κ2) is 4.70. The van der Waals surface area contributed by atoms with Crippen molar-refractivity contribution in [3.05, 3.63) is 54.1 Å². The maximum atomic E-state index is 4.66. The Bertz CT molecular complexity index is 610. The summed E-state index contributed by atoms with van der Waals surface area (Å²) in [5.74, 6) is 0. The zero-order valence-electron chi connectivity index (χ0n) is 9.36. The van der Waals surface area contributed by atoms with Gasteiger partial charge in [0, 0.05) is 16.3 Å². The van der Waals surface area contributed by atoms with Gasteiger partial charge in [-0.1, -0.05) is 36.4 Å². The molecule has 0 saturated carbocycles. The first kappa shape index (κ1) is 11.8. The van der Waals surface area contributed by atoms with E-state index in [0.717, 1.165) is 17.6 Å². The Labute approximate surface area is 106 Å². The van der Waals surface area contributed by atoms with Crippen LogP contribution in [0.2, 0.25) is 0 Å². The van der Waals surface area contributed by atoms with E-state index in [9.17, 15) is 0 Å². The van der Waals surface area contributed by atoms with Crippen LogP contribution in [0.5, 0.6) is 0 Å². The first-order valence-corrected chi connectivity index (χ1v) is 5.46. The van der Waals surface area contributed by atoms with Crippen molar-refractivity contribution >= 4 is 21.8 Å². The number of fused-ring (bicyclic) bond motifs is 2. The van der Waals surface area contributed by atoms with Crippen LogP contribution in [0.1, 0.15) is 5.56 Å². The molecule has 0 aliphatic carbocycles. The van der Waals surface area contributed by atoms with E-state index in [0.29, 0.717) is 0 Å². The van der Waals surface area contributed by atoms with Crippen LogP contribution in [-0.2, 0) is 6.54 Å². The number of rotatable bonds is 1. The Morgan fingerprint density at radius 3 is 1.76 bits per heavy atom. The van der Waals surface area contributed by atoms with Gasteiger partial charge in [-0.05, 0) is 12.1 Å². The normalized spacial score (nSPS) is 10.4. The third-order valence-corrected chi connectivity index (χ3v) is 2.95. The van der Waals surface area contributed by atoms with Crippen LogP contribution in [0.3, 0.4) is 0 Å². The molecular formula is C14H13ClN2. The number of nitrogens with zero attached hydrogens (tertiary/aromatic N) is 1. The van der Waals surface area contributed by atoms with Crippen LogP contribution in [0.4, 0.5) is 0 Å². The third-order valence-electron chi connectivity index (χ3n) is 2.95. The molecule has 3 N–H and O–H groups in total. The highest BCUT2D eigenvalue weighted by Crippen LogP contribution is 2.24. The van der Waals surface area contributed by atoms with Crippen LogP contribution in [0.15, 0.2) is 48.5 Å². The minimum absolute atomic E-state index is 0. The fraction of sp³-hybridized carbons (Fsp3) is 0.0714. The molecule has 3 rings (SSSR count). The topological polar surface area (TPSA) is 40.5 Å². The lowest BCUT2D eigenvalue weighted by Crippen LogP contribution is -3.00. The Morgan fingerprint density at radius 2 is 1.29 bits per heavy atom. The lowest BCUT2D eigenvalue weighted by Gasteiger charge is -2.06. The van der Waals surface area contributed by atoms with Crippen LogP contribution >= 0.6 is 0 Å². The monoisotopic (exact) mass is 244 g/mol. The number of aromatic nitrogens is 1. The number of para-hydroxylation sites is 2. The van der Waals surface area contributed by atoms with Gasteiger partial charge in [-0.25, -0.2) is 4.98 Å². The van der Waals surface area contributed by atoms with Gasteiger partial charge in [0.1, 0.15) is 6.54 Å². The summed E-state index contributed by atoms with van der Waals surface area (Å²) in [6, 6.07) is 16.5. The summed E-state index contributed by atoms with van der Waals surface area (Å²) >= 11 is 0. The summed E-state index contributed by atoms with van der Waals surface area (Å²) in [5.41, 5.74) is 7.43. The molecule has 0 bridgehead atoms. The molecule has 2 aromatic carbocycles. The highest BCUT2D eigenvalue weighted by atomic mass is 35.5. The van der Waals surface area contributed by atoms with Gasteiger partial charge in [0.2, 0.25) is 0 Å². The van der Waals surface area contributed by atoms with E-state index in [1.165, 1.54) is 16.3 Å². The molecule has 0 atom stereocenters. The van der Waals surface area contributed by atoms with Crippen molar-refractivity contribution in [3.63, 3.8) is 0 Å². The molecule has 3 heteroatoms. The highest BCUT2D eigenvalue weighted by Gasteiger charge is 2.07. The number of benzene rings is 2. The second-order valence-electron chi connectivity index (χ2n) is 3.87. The second-order valence-corrected chi connectivity index (χ2v) is 3.87. The fourth-order valence-electron chi connectivity index (χ4n) is 2.20. The van der Waals surface area contributed by atoms with Crippen LogP contribution in [-0.4, -0.2) is 4.98 Å². The van der Waals surface area contributed by atoms with Crippen molar-refractivity contribution in [2.45, 2.75) is 6.54 Å². The molecule has 0 spiro atoms. The average Bonchev–Trinajstić information content (AvgIpc) is 2.36. The van der Waals surface area contributed by atoms with Crippen molar-refractivity contribution < 1.29 is 18.1 Å². The predicted octanol–water partition coefficient (Wildman–Crippen LogP) is -0.866. The summed E-state index contributed by atoms with van der Waals surface area (Å²) in [6.07, 6.45) is 0. The number of pyridine rings is 1. The summed E-state index contributed by atoms with van der Waals surface area (Å²) < 4.78 is 0. The summed E-state index contributed by atoms with van der Waals surface area (Å²) in [7, 11) is 0. The Kier molecular flexibility index (Phi) is 3.27. The molecule has 3 aromatic rings. The Balaban J connectivity index is 0.00000108. The van der Waals surface area contributed by atoms with Crippen molar-refractivity contribution in [1.82, 2.24) is 4.98 Å². The summed E-state index contributed by atoms with van der Waals surface area (Å²) in [4.78, 5) is 4.66. The van der Waals surface area contributed by atoms with Crippen LogP contribution in [0.25, 0.3) is 21.8 Å². The van der Waals surface area contributed by atoms with Gasteiger partial charge in [-0.2, -0.15) is 0 Å². The molecule has 0 amide bonds. The molecule has 0 aliphatic rings. The maximum Gasteiger partial charge on any atom is 0.101 e. The molecule has 0 unspecified atom stereocenters. The van der Waals surface area contributed by atoms with E-state index in [1.807, 2.05) is 12.1 Å². The maximum absolute atomic E-state index is 4.66. The quantitative estimate of drug-likeness (QED) is 0.556. The van der Waals surface area contributed by atoms with E-state index in [4.69, 9.17) is 0 Å². The van der Waals surface area contributed by atoms with Crippen molar-refractivity contribution in [3.8, 4) is 0 Å². The summed E-state index contributed by atoms with van der Waals surface area (Å²) in [6.45, 7) is 0.795. The molecular weight excluding hydrogens is 232 g/mol. The lowest BCUT2D eigenvalue weighted by molar-refractivity contribution is -0.385. The van der Waals surface area contributed by atoms with Gasteiger partial charge >= 0.3 is 0 Å². The zero-order chi connectivity index (χ0) is 11.0. The van der Waals surface area contributed by atoms with E-state index in [-0.39, 0.29) is 12.4 Å². The number of hydrogen-bond acceptors (Lipinski definition) is 1. The minimum atomic E-state index is 0. The number of hydrogen-bond donors (Lipinski definition) is 1. The van der Waals surface area contributed by atoms with E-state index < -0.39 is 0 Å². The largest absolute Gasteiger partial charge is 1.00 e. The molecule has 0 fully saturated rings. The minimum Gasteiger partial charge on any atom is -1.00 e. The number of halogens is 1. The smallest absolute Gasteiger partial charge is 0.101 e. The first-order valence-electron chi connectivity index (χ1n) is 5.46. The zero-order valence-corrected chi connectivity index (χ0v) is 10.1. The predicted molar refractivity (Wildman–Crippen MR) is 65.8 cm³/mol. The van der Waals surface area contributed by atoms with E-state index in [1.54, 1.807) is 0 Å². The summed E-state index contributed by atoms with van der Waals surface area (Å²) in [5, 5.41) is 2.44. The Morgan fingerprint density at radius 1 is 0.824 bits per heavy atom. The van der Waals surface area contributed by atoms with Crippen molar-refractivity contribution in [1.29, 1.82) is 0 Å². The van der Waals surface area contributed by atoms with Gasteiger partial charge in [0.05, 0.1) is 11.0 Å². The number of quaternary nitrogens is 1. The first-order chi connectivity index (χ1) is 7.90. The van der Waals surface area contributed by atoms with Gasteiger partial charge in [-0.3, -0.25) is 0 Å². The molecule has 86 valence electrons. The van der Waals surface area contributed by atoms with Gasteiger partial charge in [-0.15, -0.1) is 0 Å².